The molecule has 26 heavy (non-hydrogen) atoms. The summed E-state index contributed by atoms with van der Waals surface area (Å²) >= 11 is -2.38. The van der Waals surface area contributed by atoms with Gasteiger partial charge in [0, 0.05) is 0 Å². The van der Waals surface area contributed by atoms with Gasteiger partial charge in [0.15, 0.2) is 0 Å². The number of hydrogen-bond donors (Lipinski definition) is 0. The van der Waals surface area contributed by atoms with Gasteiger partial charge in [-0.3, -0.25) is 0 Å². The van der Waals surface area contributed by atoms with Crippen LogP contribution in [0.25, 0.3) is 0 Å². The minimum absolute atomic E-state index is 0.163. The summed E-state index contributed by atoms with van der Waals surface area (Å²) in [5, 5.41) is 0. The summed E-state index contributed by atoms with van der Waals surface area (Å²) in [5.41, 5.74) is 0. The molecular weight excluding hydrogens is 535 g/mol. The summed E-state index contributed by atoms with van der Waals surface area (Å²) in [6.45, 7) is 9.52. The first kappa shape index (κ1) is 24.6. The van der Waals surface area contributed by atoms with Crippen molar-refractivity contribution in [1.29, 1.82) is 0 Å². The molecule has 0 amide bonds. The van der Waals surface area contributed by atoms with Crippen molar-refractivity contribution in [2.75, 3.05) is 0 Å². The van der Waals surface area contributed by atoms with Gasteiger partial charge in [-0.25, -0.2) is 0 Å². The van der Waals surface area contributed by atoms with E-state index >= 15 is 0 Å². The van der Waals surface area contributed by atoms with E-state index in [4.69, 9.17) is 0 Å². The van der Waals surface area contributed by atoms with Crippen LogP contribution in [0.4, 0.5) is 0 Å². The van der Waals surface area contributed by atoms with E-state index in [2.05, 4.69) is 65.7 Å². The Morgan fingerprint density at radius 3 is 1.73 bits per heavy atom. The van der Waals surface area contributed by atoms with E-state index in [1.165, 1.54) is 57.8 Å². The monoisotopic (exact) mass is 580 g/mol. The Hall–Kier alpha value is 0.548. The van der Waals surface area contributed by atoms with Crippen molar-refractivity contribution in [3.05, 3.63) is 38.0 Å². The van der Waals surface area contributed by atoms with Crippen LogP contribution in [0.5, 0.6) is 0 Å². The topological polar surface area (TPSA) is 0 Å². The molecule has 1 aromatic carbocycles. The Labute approximate surface area is 178 Å². The Balaban J connectivity index is 3.18. The van der Waals surface area contributed by atoms with E-state index < -0.39 is 18.4 Å². The molecule has 0 fully saturated rings. The van der Waals surface area contributed by atoms with Crippen molar-refractivity contribution < 1.29 is 0 Å². The number of allylic oxidation sites excluding steroid dienone is 1. The number of benzene rings is 1. The maximum absolute atomic E-state index is 2.80. The summed E-state index contributed by atoms with van der Waals surface area (Å²) in [6.07, 6.45) is 15.4. The van der Waals surface area contributed by atoms with Gasteiger partial charge in [-0.1, -0.05) is 0 Å². The number of unbranched alkanes of at least 4 members (excludes halogenated alkanes) is 5. The molecule has 0 atom stereocenters. The van der Waals surface area contributed by atoms with Crippen LogP contribution >= 0.6 is 0 Å². The molecule has 0 aliphatic rings. The van der Waals surface area contributed by atoms with Gasteiger partial charge in [0.05, 0.1) is 0 Å². The summed E-state index contributed by atoms with van der Waals surface area (Å²) in [4.78, 5) is 0. The van der Waals surface area contributed by atoms with Gasteiger partial charge in [-0.05, 0) is 0 Å². The molecule has 0 unspecified atom stereocenters. The quantitative estimate of drug-likeness (QED) is 0.150. The van der Waals surface area contributed by atoms with E-state index in [-0.39, 0.29) is 20.9 Å². The molecule has 0 bridgehead atoms. The van der Waals surface area contributed by atoms with E-state index in [9.17, 15) is 0 Å². The predicted octanol–water partition coefficient (Wildman–Crippen LogP) is 7.48. The normalized spacial score (nSPS) is 12.5. The number of rotatable bonds is 15. The molecule has 0 spiro atoms. The van der Waals surface area contributed by atoms with Crippen molar-refractivity contribution >= 4 is 42.9 Å². The second kappa shape index (κ2) is 15.5. The molecule has 0 radical (unpaired) electrons. The van der Waals surface area contributed by atoms with Crippen LogP contribution in [0.1, 0.15) is 85.5 Å². The molecule has 0 heterocycles. The number of hydrogen-bond acceptors (Lipinski definition) is 0. The Bertz CT molecular complexity index is 458. The summed E-state index contributed by atoms with van der Waals surface area (Å²) in [6, 6.07) is 11.5. The molecule has 0 saturated heterocycles. The minimum atomic E-state index is -2.22. The predicted molar refractivity (Wildman–Crippen MR) is 124 cm³/mol. The average molecular weight is 577 g/mol. The molecular formula is C24H42SnTe. The second-order valence-corrected chi connectivity index (χ2v) is 27.2. The van der Waals surface area contributed by atoms with Gasteiger partial charge in [0.2, 0.25) is 0 Å². The molecule has 0 aliphatic carbocycles. The van der Waals surface area contributed by atoms with Gasteiger partial charge in [-0.2, -0.15) is 0 Å². The van der Waals surface area contributed by atoms with Crippen LogP contribution in [-0.4, -0.2) is 39.3 Å². The van der Waals surface area contributed by atoms with Gasteiger partial charge < -0.3 is 0 Å². The molecule has 0 N–H and O–H groups in total. The van der Waals surface area contributed by atoms with Crippen LogP contribution in [0.15, 0.2) is 38.0 Å². The van der Waals surface area contributed by atoms with Crippen molar-refractivity contribution in [3.63, 3.8) is 0 Å². The zero-order chi connectivity index (χ0) is 19.1. The van der Waals surface area contributed by atoms with Gasteiger partial charge >= 0.3 is 180 Å². The summed E-state index contributed by atoms with van der Waals surface area (Å²) in [5.74, 6) is 0. The first-order valence-corrected chi connectivity index (χ1v) is 21.0. The van der Waals surface area contributed by atoms with Gasteiger partial charge in [0.1, 0.15) is 0 Å². The fraction of sp³-hybridized carbons (Fsp3) is 0.667. The first-order valence-electron chi connectivity index (χ1n) is 11.2. The van der Waals surface area contributed by atoms with Crippen LogP contribution in [0.2, 0.25) is 13.3 Å². The van der Waals surface area contributed by atoms with Crippen LogP contribution in [0, 0.1) is 0 Å². The fourth-order valence-corrected chi connectivity index (χ4v) is 33.4. The Kier molecular flexibility index (Phi) is 14.6. The standard InChI is InChI=1S/C12H15Te.3C4H9.Sn/c1-2-3-4-8-11-13-12-9-6-5-7-10-12;3*1-3-4-2;/h5-10H,2-4H2,1H3;3*1,3-4H2,2H3;. The van der Waals surface area contributed by atoms with Crippen LogP contribution < -0.4 is 3.61 Å². The zero-order valence-electron chi connectivity index (χ0n) is 17.9. The molecule has 1 rings (SSSR count). The van der Waals surface area contributed by atoms with Crippen molar-refractivity contribution in [2.45, 2.75) is 98.8 Å². The van der Waals surface area contributed by atoms with E-state index in [0.29, 0.717) is 0 Å². The van der Waals surface area contributed by atoms with Crippen molar-refractivity contribution in [3.8, 4) is 0 Å². The van der Waals surface area contributed by atoms with Crippen LogP contribution in [-0.2, 0) is 0 Å². The summed E-state index contributed by atoms with van der Waals surface area (Å²) in [7, 11) is 0. The molecule has 1 aromatic rings. The van der Waals surface area contributed by atoms with Crippen LogP contribution in [0.3, 0.4) is 0 Å². The maximum atomic E-state index is 2.80. The third-order valence-corrected chi connectivity index (χ3v) is 33.0. The summed E-state index contributed by atoms with van der Waals surface area (Å²) < 4.78 is 8.65. The zero-order valence-corrected chi connectivity index (χ0v) is 23.0. The third kappa shape index (κ3) is 9.16. The van der Waals surface area contributed by atoms with Crippen molar-refractivity contribution in [1.82, 2.24) is 0 Å². The molecule has 0 saturated carbocycles. The molecule has 148 valence electrons. The second-order valence-electron chi connectivity index (χ2n) is 7.72. The third-order valence-electron chi connectivity index (χ3n) is 5.41. The van der Waals surface area contributed by atoms with E-state index in [1.54, 1.807) is 16.9 Å². The molecule has 0 aromatic heterocycles. The Morgan fingerprint density at radius 2 is 1.27 bits per heavy atom. The molecule has 0 nitrogen and oxygen atoms in total. The van der Waals surface area contributed by atoms with E-state index in [1.807, 2.05) is 0 Å². The van der Waals surface area contributed by atoms with Gasteiger partial charge in [-0.15, -0.1) is 0 Å². The average Bonchev–Trinajstić information content (AvgIpc) is 2.68. The fourth-order valence-electron chi connectivity index (χ4n) is 3.71. The van der Waals surface area contributed by atoms with Crippen molar-refractivity contribution in [2.24, 2.45) is 0 Å². The molecule has 2 heteroatoms. The SMILES string of the molecule is CCCC/C=[C](/[Te]c1ccccc1)[Sn]([CH2]CCC)([CH2]CCC)[CH2]CCC. The Morgan fingerprint density at radius 1 is 0.769 bits per heavy atom. The van der Waals surface area contributed by atoms with Gasteiger partial charge in [0.25, 0.3) is 0 Å². The first-order chi connectivity index (χ1) is 12.7. The molecule has 0 aliphatic heterocycles. The van der Waals surface area contributed by atoms with E-state index in [0.717, 1.165) is 0 Å².